The molecule has 88 valence electrons. The minimum Gasteiger partial charge on any atom is -0.325 e. The number of benzene rings is 1. The van der Waals surface area contributed by atoms with Crippen molar-refractivity contribution in [2.75, 3.05) is 11.9 Å². The van der Waals surface area contributed by atoms with Crippen LogP contribution in [0.5, 0.6) is 0 Å². The molecule has 1 saturated heterocycles. The molecule has 1 amide bonds. The lowest BCUT2D eigenvalue weighted by Crippen LogP contribution is -2.35. The molecule has 2 heterocycles. The number of H-pyrrole nitrogens is 1. The number of fused-ring (bicyclic) bond motifs is 1. The number of nitrogens with zero attached hydrogens (tertiary/aromatic N) is 1. The maximum Gasteiger partial charge on any atom is 0.241 e. The monoisotopic (exact) mass is 230 g/mol. The smallest absolute Gasteiger partial charge is 0.241 e. The average Bonchev–Trinajstić information content (AvgIpc) is 2.99. The molecule has 2 aromatic rings. The van der Waals surface area contributed by atoms with E-state index in [1.807, 2.05) is 18.2 Å². The van der Waals surface area contributed by atoms with Gasteiger partial charge in [0.1, 0.15) is 0 Å². The lowest BCUT2D eigenvalue weighted by molar-refractivity contribution is -0.117. The Morgan fingerprint density at radius 3 is 3.24 bits per heavy atom. The molecule has 0 bridgehead atoms. The standard InChI is InChI=1S/C12H14N4O/c17-12(11-2-1-5-13-11)15-9-3-4-10-8(6-9)7-14-16-10/h3-4,6-7,11,13H,1-2,5H2,(H,14,16)(H,15,17)/t11-/m1/s1. The molecule has 5 heteroatoms. The highest BCUT2D eigenvalue weighted by Gasteiger charge is 2.21. The number of aromatic nitrogens is 2. The van der Waals surface area contributed by atoms with Crippen LogP contribution in [0.15, 0.2) is 24.4 Å². The second-order valence-corrected chi connectivity index (χ2v) is 4.31. The summed E-state index contributed by atoms with van der Waals surface area (Å²) in [5.41, 5.74) is 1.79. The minimum absolute atomic E-state index is 0.0463. The van der Waals surface area contributed by atoms with Crippen molar-refractivity contribution < 1.29 is 4.79 Å². The molecule has 1 aliphatic heterocycles. The fourth-order valence-electron chi connectivity index (χ4n) is 2.16. The number of hydrogen-bond acceptors (Lipinski definition) is 3. The summed E-state index contributed by atoms with van der Waals surface area (Å²) in [6.45, 7) is 0.929. The van der Waals surface area contributed by atoms with Crippen LogP contribution in [-0.4, -0.2) is 28.7 Å². The lowest BCUT2D eigenvalue weighted by atomic mass is 10.2. The van der Waals surface area contributed by atoms with Gasteiger partial charge in [0.05, 0.1) is 17.8 Å². The Morgan fingerprint density at radius 2 is 2.41 bits per heavy atom. The molecule has 0 saturated carbocycles. The van der Waals surface area contributed by atoms with Crippen molar-refractivity contribution in [3.05, 3.63) is 24.4 Å². The molecule has 5 nitrogen and oxygen atoms in total. The van der Waals surface area contributed by atoms with Gasteiger partial charge in [0.2, 0.25) is 5.91 Å². The van der Waals surface area contributed by atoms with Gasteiger partial charge in [-0.1, -0.05) is 0 Å². The van der Waals surface area contributed by atoms with Gasteiger partial charge in [0, 0.05) is 11.1 Å². The highest BCUT2D eigenvalue weighted by atomic mass is 16.2. The van der Waals surface area contributed by atoms with Crippen molar-refractivity contribution >= 4 is 22.5 Å². The summed E-state index contributed by atoms with van der Waals surface area (Å²) in [5.74, 6) is 0.0466. The highest BCUT2D eigenvalue weighted by molar-refractivity contribution is 5.96. The van der Waals surface area contributed by atoms with Crippen molar-refractivity contribution in [2.24, 2.45) is 0 Å². The Balaban J connectivity index is 1.77. The third kappa shape index (κ3) is 2.01. The summed E-state index contributed by atoms with van der Waals surface area (Å²) in [6, 6.07) is 5.68. The van der Waals surface area contributed by atoms with E-state index in [0.717, 1.165) is 36.0 Å². The van der Waals surface area contributed by atoms with Crippen LogP contribution in [0.1, 0.15) is 12.8 Å². The third-order valence-electron chi connectivity index (χ3n) is 3.08. The van der Waals surface area contributed by atoms with E-state index in [0.29, 0.717) is 0 Å². The fraction of sp³-hybridized carbons (Fsp3) is 0.333. The van der Waals surface area contributed by atoms with Crippen molar-refractivity contribution in [3.8, 4) is 0 Å². The predicted octanol–water partition coefficient (Wildman–Crippen LogP) is 1.25. The molecular weight excluding hydrogens is 216 g/mol. The molecule has 0 unspecified atom stereocenters. The number of anilines is 1. The number of amides is 1. The maximum atomic E-state index is 11.9. The fourth-order valence-corrected chi connectivity index (χ4v) is 2.16. The zero-order chi connectivity index (χ0) is 11.7. The first kappa shape index (κ1) is 10.3. The van der Waals surface area contributed by atoms with E-state index in [2.05, 4.69) is 20.8 Å². The minimum atomic E-state index is -0.0463. The van der Waals surface area contributed by atoms with Gasteiger partial charge in [-0.3, -0.25) is 9.89 Å². The summed E-state index contributed by atoms with van der Waals surface area (Å²) in [5, 5.41) is 13.9. The molecule has 1 atom stereocenters. The van der Waals surface area contributed by atoms with Crippen LogP contribution in [0.2, 0.25) is 0 Å². The second kappa shape index (κ2) is 4.18. The molecule has 1 aliphatic rings. The van der Waals surface area contributed by atoms with Crippen molar-refractivity contribution in [2.45, 2.75) is 18.9 Å². The van der Waals surface area contributed by atoms with Crippen LogP contribution in [0.25, 0.3) is 10.9 Å². The largest absolute Gasteiger partial charge is 0.325 e. The average molecular weight is 230 g/mol. The number of rotatable bonds is 2. The molecule has 17 heavy (non-hydrogen) atoms. The molecule has 0 spiro atoms. The third-order valence-corrected chi connectivity index (χ3v) is 3.08. The van der Waals surface area contributed by atoms with Crippen LogP contribution in [0.3, 0.4) is 0 Å². The highest BCUT2D eigenvalue weighted by Crippen LogP contribution is 2.17. The molecule has 0 aliphatic carbocycles. The Kier molecular flexibility index (Phi) is 2.53. The first-order valence-corrected chi connectivity index (χ1v) is 5.80. The number of hydrogen-bond donors (Lipinski definition) is 3. The van der Waals surface area contributed by atoms with Gasteiger partial charge in [-0.15, -0.1) is 0 Å². The van der Waals surface area contributed by atoms with Gasteiger partial charge in [0.25, 0.3) is 0 Å². The Hall–Kier alpha value is -1.88. The molecule has 1 aromatic heterocycles. The lowest BCUT2D eigenvalue weighted by Gasteiger charge is -2.10. The van der Waals surface area contributed by atoms with Gasteiger partial charge < -0.3 is 10.6 Å². The van der Waals surface area contributed by atoms with E-state index in [1.54, 1.807) is 6.20 Å². The van der Waals surface area contributed by atoms with Crippen LogP contribution >= 0.6 is 0 Å². The number of carbonyl (C=O) groups is 1. The van der Waals surface area contributed by atoms with Crippen LogP contribution in [-0.2, 0) is 4.79 Å². The Labute approximate surface area is 98.6 Å². The first-order valence-electron chi connectivity index (χ1n) is 5.80. The maximum absolute atomic E-state index is 11.9. The normalized spacial score (nSPS) is 19.6. The molecule has 1 fully saturated rings. The van der Waals surface area contributed by atoms with E-state index in [1.165, 1.54) is 0 Å². The van der Waals surface area contributed by atoms with Gasteiger partial charge in [-0.25, -0.2) is 0 Å². The quantitative estimate of drug-likeness (QED) is 0.727. The van der Waals surface area contributed by atoms with E-state index in [9.17, 15) is 4.79 Å². The van der Waals surface area contributed by atoms with Gasteiger partial charge in [-0.2, -0.15) is 5.10 Å². The summed E-state index contributed by atoms with van der Waals surface area (Å²) in [4.78, 5) is 11.9. The molecule has 0 radical (unpaired) electrons. The number of carbonyl (C=O) groups excluding carboxylic acids is 1. The SMILES string of the molecule is O=C(Nc1ccc2[nH]ncc2c1)[C@H]1CCCN1. The molecule has 3 rings (SSSR count). The van der Waals surface area contributed by atoms with E-state index in [-0.39, 0.29) is 11.9 Å². The predicted molar refractivity (Wildman–Crippen MR) is 65.7 cm³/mol. The van der Waals surface area contributed by atoms with Gasteiger partial charge >= 0.3 is 0 Å². The zero-order valence-electron chi connectivity index (χ0n) is 9.36. The van der Waals surface area contributed by atoms with Gasteiger partial charge in [0.15, 0.2) is 0 Å². The summed E-state index contributed by atoms with van der Waals surface area (Å²) in [7, 11) is 0. The summed E-state index contributed by atoms with van der Waals surface area (Å²) < 4.78 is 0. The first-order chi connectivity index (χ1) is 8.33. The van der Waals surface area contributed by atoms with Crippen molar-refractivity contribution in [1.29, 1.82) is 0 Å². The number of nitrogens with one attached hydrogen (secondary N) is 3. The van der Waals surface area contributed by atoms with E-state index >= 15 is 0 Å². The molecule has 1 aromatic carbocycles. The summed E-state index contributed by atoms with van der Waals surface area (Å²) in [6.07, 6.45) is 3.73. The van der Waals surface area contributed by atoms with Crippen LogP contribution in [0, 0.1) is 0 Å². The molecular formula is C12H14N4O. The number of aromatic amines is 1. The van der Waals surface area contributed by atoms with Crippen molar-refractivity contribution in [3.63, 3.8) is 0 Å². The second-order valence-electron chi connectivity index (χ2n) is 4.31. The van der Waals surface area contributed by atoms with Crippen LogP contribution in [0.4, 0.5) is 5.69 Å². The Morgan fingerprint density at radius 1 is 1.47 bits per heavy atom. The van der Waals surface area contributed by atoms with E-state index < -0.39 is 0 Å². The van der Waals surface area contributed by atoms with Crippen molar-refractivity contribution in [1.82, 2.24) is 15.5 Å². The zero-order valence-corrected chi connectivity index (χ0v) is 9.36. The topological polar surface area (TPSA) is 69.8 Å². The Bertz CT molecular complexity index is 542. The van der Waals surface area contributed by atoms with Crippen LogP contribution < -0.4 is 10.6 Å². The molecule has 3 N–H and O–H groups in total. The summed E-state index contributed by atoms with van der Waals surface area (Å²) >= 11 is 0. The van der Waals surface area contributed by atoms with Gasteiger partial charge in [-0.05, 0) is 37.6 Å². The van der Waals surface area contributed by atoms with E-state index in [4.69, 9.17) is 0 Å².